The minimum absolute atomic E-state index is 0.148. The number of pyridine rings is 1. The summed E-state index contributed by atoms with van der Waals surface area (Å²) in [7, 11) is 0. The van der Waals surface area contributed by atoms with E-state index in [0.29, 0.717) is 19.6 Å². The predicted octanol–water partition coefficient (Wildman–Crippen LogP) is 1.46. The number of ether oxygens (including phenoxy) is 1. The van der Waals surface area contributed by atoms with E-state index in [9.17, 15) is 4.79 Å². The summed E-state index contributed by atoms with van der Waals surface area (Å²) in [5.74, 6) is 0. The topological polar surface area (TPSA) is 71.7 Å². The Hall–Kier alpha value is -1.66. The van der Waals surface area contributed by atoms with Crippen LogP contribution in [0.3, 0.4) is 0 Å². The molecule has 1 aliphatic heterocycles. The minimum atomic E-state index is -0.469. The molecular formula is C16H26N4O2. The maximum atomic E-state index is 12.2. The van der Waals surface area contributed by atoms with Crippen LogP contribution < -0.4 is 5.73 Å². The van der Waals surface area contributed by atoms with Crippen LogP contribution in [0.1, 0.15) is 26.3 Å². The average molecular weight is 306 g/mol. The van der Waals surface area contributed by atoms with Crippen LogP contribution in [0.2, 0.25) is 0 Å². The Bertz CT molecular complexity index is 487. The summed E-state index contributed by atoms with van der Waals surface area (Å²) in [6.07, 6.45) is 3.34. The van der Waals surface area contributed by atoms with E-state index < -0.39 is 5.60 Å². The third-order valence-electron chi connectivity index (χ3n) is 3.66. The van der Waals surface area contributed by atoms with Gasteiger partial charge in [0.2, 0.25) is 0 Å². The number of nitrogens with zero attached hydrogens (tertiary/aromatic N) is 3. The molecule has 0 radical (unpaired) electrons. The number of rotatable bonds is 3. The van der Waals surface area contributed by atoms with Gasteiger partial charge in [0.05, 0.1) is 0 Å². The molecule has 1 fully saturated rings. The highest BCUT2D eigenvalue weighted by Crippen LogP contribution is 2.16. The molecule has 122 valence electrons. The van der Waals surface area contributed by atoms with E-state index in [1.54, 1.807) is 17.3 Å². The third kappa shape index (κ3) is 4.68. The van der Waals surface area contributed by atoms with Crippen LogP contribution in [0.25, 0.3) is 0 Å². The fourth-order valence-corrected chi connectivity index (χ4v) is 2.54. The number of aromatic nitrogens is 1. The molecule has 2 rings (SSSR count). The smallest absolute Gasteiger partial charge is 0.410 e. The summed E-state index contributed by atoms with van der Waals surface area (Å²) in [5.41, 5.74) is 6.64. The Morgan fingerprint density at radius 2 is 2.05 bits per heavy atom. The second-order valence-corrected chi connectivity index (χ2v) is 6.64. The average Bonchev–Trinajstić information content (AvgIpc) is 2.47. The molecule has 0 aliphatic carbocycles. The summed E-state index contributed by atoms with van der Waals surface area (Å²) >= 11 is 0. The van der Waals surface area contributed by atoms with Gasteiger partial charge in [0.15, 0.2) is 0 Å². The van der Waals surface area contributed by atoms with E-state index in [1.165, 1.54) is 5.56 Å². The summed E-state index contributed by atoms with van der Waals surface area (Å²) in [6.45, 7) is 9.05. The molecule has 1 saturated heterocycles. The number of carbonyl (C=O) groups excluding carboxylic acids is 1. The quantitative estimate of drug-likeness (QED) is 0.915. The van der Waals surface area contributed by atoms with Crippen molar-refractivity contribution < 1.29 is 9.53 Å². The lowest BCUT2D eigenvalue weighted by Gasteiger charge is -2.41. The van der Waals surface area contributed by atoms with Crippen molar-refractivity contribution in [3.63, 3.8) is 0 Å². The highest BCUT2D eigenvalue weighted by molar-refractivity contribution is 5.68. The van der Waals surface area contributed by atoms with E-state index in [1.807, 2.05) is 32.9 Å². The summed E-state index contributed by atoms with van der Waals surface area (Å²) < 4.78 is 5.44. The lowest BCUT2D eigenvalue weighted by Crippen LogP contribution is -2.57. The molecule has 1 amide bonds. The van der Waals surface area contributed by atoms with Crippen LogP contribution >= 0.6 is 0 Å². The molecule has 6 heteroatoms. The first kappa shape index (κ1) is 16.7. The normalized spacial score (nSPS) is 20.0. The summed E-state index contributed by atoms with van der Waals surface area (Å²) in [6, 6.07) is 4.16. The highest BCUT2D eigenvalue weighted by Gasteiger charge is 2.31. The van der Waals surface area contributed by atoms with Crippen molar-refractivity contribution >= 4 is 6.09 Å². The maximum absolute atomic E-state index is 12.2. The van der Waals surface area contributed by atoms with Crippen molar-refractivity contribution in [1.29, 1.82) is 0 Å². The molecule has 1 unspecified atom stereocenters. The van der Waals surface area contributed by atoms with E-state index in [-0.39, 0.29) is 12.1 Å². The number of piperazine rings is 1. The molecule has 0 bridgehead atoms. The van der Waals surface area contributed by atoms with Crippen LogP contribution in [0.4, 0.5) is 4.79 Å². The zero-order chi connectivity index (χ0) is 16.2. The van der Waals surface area contributed by atoms with Crippen molar-refractivity contribution in [3.8, 4) is 0 Å². The standard InChI is InChI=1S/C16H26N4O2/c1-16(2,3)22-15(21)20-9-8-19(14(10-17)12-20)11-13-4-6-18-7-5-13/h4-7,14H,8-12,17H2,1-3H3. The van der Waals surface area contributed by atoms with Gasteiger partial charge in [0, 0.05) is 51.2 Å². The van der Waals surface area contributed by atoms with Crippen LogP contribution in [0.5, 0.6) is 0 Å². The minimum Gasteiger partial charge on any atom is -0.444 e. The largest absolute Gasteiger partial charge is 0.444 e. The molecule has 1 aromatic rings. The van der Waals surface area contributed by atoms with Crippen LogP contribution in [0, 0.1) is 0 Å². The van der Waals surface area contributed by atoms with Gasteiger partial charge in [0.1, 0.15) is 5.60 Å². The van der Waals surface area contributed by atoms with Gasteiger partial charge in [-0.2, -0.15) is 0 Å². The van der Waals surface area contributed by atoms with Crippen LogP contribution in [0.15, 0.2) is 24.5 Å². The Morgan fingerprint density at radius 1 is 1.36 bits per heavy atom. The monoisotopic (exact) mass is 306 g/mol. The first-order chi connectivity index (χ1) is 10.4. The number of amides is 1. The SMILES string of the molecule is CC(C)(C)OC(=O)N1CCN(Cc2ccncc2)C(CN)C1. The molecule has 22 heavy (non-hydrogen) atoms. The Kier molecular flexibility index (Phi) is 5.37. The van der Waals surface area contributed by atoms with Crippen LogP contribution in [-0.2, 0) is 11.3 Å². The maximum Gasteiger partial charge on any atom is 0.410 e. The fraction of sp³-hybridized carbons (Fsp3) is 0.625. The lowest BCUT2D eigenvalue weighted by molar-refractivity contribution is 0.00353. The first-order valence-electron chi connectivity index (χ1n) is 7.70. The first-order valence-corrected chi connectivity index (χ1v) is 7.70. The van der Waals surface area contributed by atoms with Gasteiger partial charge in [-0.25, -0.2) is 4.79 Å². The molecule has 0 spiro atoms. The molecule has 0 saturated carbocycles. The summed E-state index contributed by atoms with van der Waals surface area (Å²) in [4.78, 5) is 20.3. The van der Waals surface area contributed by atoms with Crippen molar-refractivity contribution in [2.75, 3.05) is 26.2 Å². The van der Waals surface area contributed by atoms with E-state index >= 15 is 0 Å². The molecule has 2 heterocycles. The van der Waals surface area contributed by atoms with Gasteiger partial charge >= 0.3 is 6.09 Å². The summed E-state index contributed by atoms with van der Waals surface area (Å²) in [5, 5.41) is 0. The van der Waals surface area contributed by atoms with Crippen molar-refractivity contribution in [1.82, 2.24) is 14.8 Å². The van der Waals surface area contributed by atoms with Crippen molar-refractivity contribution in [2.45, 2.75) is 39.0 Å². The number of hydrogen-bond acceptors (Lipinski definition) is 5. The molecule has 6 nitrogen and oxygen atoms in total. The van der Waals surface area contributed by atoms with Gasteiger partial charge in [-0.05, 0) is 38.5 Å². The van der Waals surface area contributed by atoms with E-state index in [0.717, 1.165) is 13.1 Å². The van der Waals surface area contributed by atoms with Gasteiger partial charge < -0.3 is 15.4 Å². The Labute approximate surface area is 132 Å². The predicted molar refractivity (Wildman–Crippen MR) is 85.3 cm³/mol. The van der Waals surface area contributed by atoms with Crippen molar-refractivity contribution in [3.05, 3.63) is 30.1 Å². The Morgan fingerprint density at radius 3 is 2.64 bits per heavy atom. The third-order valence-corrected chi connectivity index (χ3v) is 3.66. The molecule has 1 aliphatic rings. The molecule has 2 N–H and O–H groups in total. The zero-order valence-electron chi connectivity index (χ0n) is 13.7. The fourth-order valence-electron chi connectivity index (χ4n) is 2.54. The second kappa shape index (κ2) is 7.07. The lowest BCUT2D eigenvalue weighted by atomic mass is 10.1. The number of nitrogens with two attached hydrogens (primary N) is 1. The van der Waals surface area contributed by atoms with E-state index in [4.69, 9.17) is 10.5 Å². The molecular weight excluding hydrogens is 280 g/mol. The molecule has 1 aromatic heterocycles. The highest BCUT2D eigenvalue weighted by atomic mass is 16.6. The van der Waals surface area contributed by atoms with Gasteiger partial charge in [-0.3, -0.25) is 9.88 Å². The number of carbonyl (C=O) groups is 1. The molecule has 1 atom stereocenters. The Balaban J connectivity index is 1.95. The van der Waals surface area contributed by atoms with Gasteiger partial charge in [-0.15, -0.1) is 0 Å². The van der Waals surface area contributed by atoms with E-state index in [2.05, 4.69) is 9.88 Å². The van der Waals surface area contributed by atoms with Crippen molar-refractivity contribution in [2.24, 2.45) is 5.73 Å². The zero-order valence-corrected chi connectivity index (χ0v) is 13.7. The second-order valence-electron chi connectivity index (χ2n) is 6.64. The number of hydrogen-bond donors (Lipinski definition) is 1. The van der Waals surface area contributed by atoms with Gasteiger partial charge in [-0.1, -0.05) is 0 Å². The van der Waals surface area contributed by atoms with Crippen LogP contribution in [-0.4, -0.2) is 58.7 Å². The molecule has 0 aromatic carbocycles. The van der Waals surface area contributed by atoms with Gasteiger partial charge in [0.25, 0.3) is 0 Å².